The van der Waals surface area contributed by atoms with E-state index in [1.165, 1.54) is 17.7 Å². The number of pyridine rings is 1. The van der Waals surface area contributed by atoms with Crippen LogP contribution in [0.25, 0.3) is 21.8 Å². The van der Waals surface area contributed by atoms with Crippen molar-refractivity contribution in [1.29, 1.82) is 0 Å². The molecule has 1 aliphatic rings. The highest BCUT2D eigenvalue weighted by molar-refractivity contribution is 6.07. The number of hydrogen-bond donors (Lipinski definition) is 2. The van der Waals surface area contributed by atoms with Crippen LogP contribution in [0.3, 0.4) is 0 Å². The number of piperidine rings is 1. The predicted molar refractivity (Wildman–Crippen MR) is 125 cm³/mol. The van der Waals surface area contributed by atoms with Crippen LogP contribution in [0.15, 0.2) is 60.8 Å². The zero-order valence-electron chi connectivity index (χ0n) is 18.0. The van der Waals surface area contributed by atoms with E-state index in [2.05, 4.69) is 20.2 Å². The Morgan fingerprint density at radius 2 is 1.88 bits per heavy atom. The first kappa shape index (κ1) is 20.6. The first-order valence-corrected chi connectivity index (χ1v) is 11.3. The molecule has 2 aromatic carbocycles. The van der Waals surface area contributed by atoms with Gasteiger partial charge < -0.3 is 15.2 Å². The fourth-order valence-electron chi connectivity index (χ4n) is 4.55. The standard InChI is InChI=1S/C26H27FN4O/c27-22-7-3-18(4-8-22)9-13-31-14-10-19(11-15-31)17-29-26(32)23-16-21-6-5-20-2-1-12-28-24(20)25(21)30-23/h1-8,12,16,19,30H,9-11,13-15,17H2,(H,29,32). The molecular weight excluding hydrogens is 403 g/mol. The molecule has 1 saturated heterocycles. The van der Waals surface area contributed by atoms with Gasteiger partial charge in [0.1, 0.15) is 11.5 Å². The van der Waals surface area contributed by atoms with Crippen molar-refractivity contribution in [3.63, 3.8) is 0 Å². The first-order valence-electron chi connectivity index (χ1n) is 11.3. The van der Waals surface area contributed by atoms with Gasteiger partial charge in [-0.2, -0.15) is 0 Å². The van der Waals surface area contributed by atoms with Crippen molar-refractivity contribution in [2.75, 3.05) is 26.2 Å². The third kappa shape index (κ3) is 4.50. The minimum absolute atomic E-state index is 0.0657. The van der Waals surface area contributed by atoms with Gasteiger partial charge in [-0.05, 0) is 68.1 Å². The smallest absolute Gasteiger partial charge is 0.267 e. The number of aromatic amines is 1. The van der Waals surface area contributed by atoms with Gasteiger partial charge in [-0.15, -0.1) is 0 Å². The van der Waals surface area contributed by atoms with Crippen LogP contribution >= 0.6 is 0 Å². The van der Waals surface area contributed by atoms with Gasteiger partial charge in [0.2, 0.25) is 0 Å². The minimum Gasteiger partial charge on any atom is -0.350 e. The van der Waals surface area contributed by atoms with E-state index in [1.807, 2.05) is 42.5 Å². The highest BCUT2D eigenvalue weighted by Crippen LogP contribution is 2.24. The molecule has 0 bridgehead atoms. The fraction of sp³-hybridized carbons (Fsp3) is 0.308. The van der Waals surface area contributed by atoms with Crippen LogP contribution in [0.5, 0.6) is 0 Å². The Bertz CT molecular complexity index is 1230. The summed E-state index contributed by atoms with van der Waals surface area (Å²) in [6, 6.07) is 16.7. The van der Waals surface area contributed by atoms with Crippen LogP contribution < -0.4 is 5.32 Å². The molecule has 32 heavy (non-hydrogen) atoms. The lowest BCUT2D eigenvalue weighted by atomic mass is 9.96. The van der Waals surface area contributed by atoms with Crippen LogP contribution in [-0.2, 0) is 6.42 Å². The van der Waals surface area contributed by atoms with E-state index in [0.29, 0.717) is 18.2 Å². The summed E-state index contributed by atoms with van der Waals surface area (Å²) in [5.74, 6) is 0.242. The van der Waals surface area contributed by atoms with Crippen molar-refractivity contribution >= 4 is 27.7 Å². The summed E-state index contributed by atoms with van der Waals surface area (Å²) in [7, 11) is 0. The minimum atomic E-state index is -0.186. The quantitative estimate of drug-likeness (QED) is 0.472. The molecule has 0 spiro atoms. The summed E-state index contributed by atoms with van der Waals surface area (Å²) in [4.78, 5) is 22.9. The number of amides is 1. The largest absolute Gasteiger partial charge is 0.350 e. The fourth-order valence-corrected chi connectivity index (χ4v) is 4.55. The molecule has 6 heteroatoms. The Morgan fingerprint density at radius 1 is 1.09 bits per heavy atom. The second kappa shape index (κ2) is 9.09. The number of aromatic nitrogens is 2. The third-order valence-corrected chi connectivity index (χ3v) is 6.50. The van der Waals surface area contributed by atoms with Gasteiger partial charge in [0.25, 0.3) is 5.91 Å². The van der Waals surface area contributed by atoms with Crippen molar-refractivity contribution < 1.29 is 9.18 Å². The molecule has 0 aliphatic carbocycles. The lowest BCUT2D eigenvalue weighted by Gasteiger charge is -2.32. The van der Waals surface area contributed by atoms with E-state index < -0.39 is 0 Å². The Hall–Kier alpha value is -3.25. The van der Waals surface area contributed by atoms with Crippen molar-refractivity contribution in [2.24, 2.45) is 5.92 Å². The van der Waals surface area contributed by atoms with Crippen molar-refractivity contribution in [3.05, 3.63) is 77.9 Å². The van der Waals surface area contributed by atoms with Crippen LogP contribution in [0.4, 0.5) is 4.39 Å². The number of carbonyl (C=O) groups is 1. The normalized spacial score (nSPS) is 15.4. The van der Waals surface area contributed by atoms with Gasteiger partial charge in [-0.1, -0.05) is 30.3 Å². The number of fused-ring (bicyclic) bond motifs is 3. The Morgan fingerprint density at radius 3 is 2.69 bits per heavy atom. The zero-order valence-corrected chi connectivity index (χ0v) is 18.0. The molecule has 0 saturated carbocycles. The number of halogens is 1. The average Bonchev–Trinajstić information content (AvgIpc) is 3.28. The molecule has 5 rings (SSSR count). The molecular formula is C26H27FN4O. The molecule has 5 nitrogen and oxygen atoms in total. The van der Waals surface area contributed by atoms with Crippen LogP contribution in [0, 0.1) is 11.7 Å². The number of hydrogen-bond acceptors (Lipinski definition) is 3. The molecule has 0 radical (unpaired) electrons. The number of rotatable bonds is 6. The zero-order chi connectivity index (χ0) is 21.9. The summed E-state index contributed by atoms with van der Waals surface area (Å²) in [5, 5.41) is 5.16. The van der Waals surface area contributed by atoms with Crippen LogP contribution in [0.1, 0.15) is 28.9 Å². The highest BCUT2D eigenvalue weighted by atomic mass is 19.1. The Balaban J connectivity index is 1.12. The van der Waals surface area contributed by atoms with E-state index in [1.54, 1.807) is 6.20 Å². The molecule has 1 aliphatic heterocycles. The van der Waals surface area contributed by atoms with E-state index in [9.17, 15) is 9.18 Å². The summed E-state index contributed by atoms with van der Waals surface area (Å²) in [6.45, 7) is 3.75. The van der Waals surface area contributed by atoms with Gasteiger partial charge in [0.05, 0.1) is 11.0 Å². The van der Waals surface area contributed by atoms with E-state index in [-0.39, 0.29) is 11.7 Å². The number of carbonyl (C=O) groups excluding carboxylic acids is 1. The topological polar surface area (TPSA) is 61.0 Å². The number of benzene rings is 2. The SMILES string of the molecule is O=C(NCC1CCN(CCc2ccc(F)cc2)CC1)c1cc2ccc3cccnc3c2[nH]1. The molecule has 2 N–H and O–H groups in total. The number of H-pyrrole nitrogens is 1. The van der Waals surface area contributed by atoms with Crippen molar-refractivity contribution in [1.82, 2.24) is 20.2 Å². The Labute approximate surface area is 186 Å². The van der Waals surface area contributed by atoms with E-state index >= 15 is 0 Å². The van der Waals surface area contributed by atoms with Crippen LogP contribution in [-0.4, -0.2) is 47.0 Å². The lowest BCUT2D eigenvalue weighted by molar-refractivity contribution is 0.0932. The molecule has 4 aromatic rings. The van der Waals surface area contributed by atoms with E-state index in [4.69, 9.17) is 0 Å². The summed E-state index contributed by atoms with van der Waals surface area (Å²) < 4.78 is 13.0. The first-order chi connectivity index (χ1) is 15.7. The summed E-state index contributed by atoms with van der Waals surface area (Å²) in [6.07, 6.45) is 4.86. The van der Waals surface area contributed by atoms with Gasteiger partial charge >= 0.3 is 0 Å². The molecule has 0 unspecified atom stereocenters. The summed E-state index contributed by atoms with van der Waals surface area (Å²) >= 11 is 0. The maximum Gasteiger partial charge on any atom is 0.267 e. The van der Waals surface area contributed by atoms with Gasteiger partial charge in [-0.25, -0.2) is 4.39 Å². The molecule has 1 fully saturated rings. The van der Waals surface area contributed by atoms with E-state index in [0.717, 1.165) is 60.7 Å². The second-order valence-electron chi connectivity index (χ2n) is 8.66. The Kier molecular flexibility index (Phi) is 5.86. The lowest BCUT2D eigenvalue weighted by Crippen LogP contribution is -2.39. The monoisotopic (exact) mass is 430 g/mol. The molecule has 3 heterocycles. The van der Waals surface area contributed by atoms with Gasteiger partial charge in [-0.3, -0.25) is 9.78 Å². The number of nitrogens with one attached hydrogen (secondary N) is 2. The molecule has 164 valence electrons. The van der Waals surface area contributed by atoms with Crippen molar-refractivity contribution in [3.8, 4) is 0 Å². The van der Waals surface area contributed by atoms with Gasteiger partial charge in [0.15, 0.2) is 0 Å². The third-order valence-electron chi connectivity index (χ3n) is 6.50. The van der Waals surface area contributed by atoms with Crippen molar-refractivity contribution in [2.45, 2.75) is 19.3 Å². The predicted octanol–water partition coefficient (Wildman–Crippen LogP) is 4.54. The number of nitrogens with zero attached hydrogens (tertiary/aromatic N) is 2. The molecule has 2 aromatic heterocycles. The second-order valence-corrected chi connectivity index (χ2v) is 8.66. The maximum absolute atomic E-state index is 13.0. The maximum atomic E-state index is 13.0. The molecule has 1 amide bonds. The van der Waals surface area contributed by atoms with Crippen LogP contribution in [0.2, 0.25) is 0 Å². The van der Waals surface area contributed by atoms with Gasteiger partial charge in [0, 0.05) is 30.1 Å². The average molecular weight is 431 g/mol. The summed E-state index contributed by atoms with van der Waals surface area (Å²) in [5.41, 5.74) is 3.54. The molecule has 0 atom stereocenters. The highest BCUT2D eigenvalue weighted by Gasteiger charge is 2.20. The number of likely N-dealkylation sites (tertiary alicyclic amines) is 1.